The van der Waals surface area contributed by atoms with Crippen LogP contribution in [0, 0.1) is 5.41 Å². The molecule has 0 unspecified atom stereocenters. The molecule has 21 heavy (non-hydrogen) atoms. The highest BCUT2D eigenvalue weighted by molar-refractivity contribution is 5.97. The van der Waals surface area contributed by atoms with E-state index < -0.39 is 0 Å². The van der Waals surface area contributed by atoms with Gasteiger partial charge < -0.3 is 10.4 Å². The smallest absolute Gasteiger partial charge is 0.251 e. The molecule has 2 aromatic rings. The van der Waals surface area contributed by atoms with E-state index in [0.29, 0.717) is 17.6 Å². The van der Waals surface area contributed by atoms with Gasteiger partial charge in [0.05, 0.1) is 5.52 Å². The molecule has 0 atom stereocenters. The number of carbonyl (C=O) groups is 1. The van der Waals surface area contributed by atoms with E-state index in [1.54, 1.807) is 16.8 Å². The van der Waals surface area contributed by atoms with Gasteiger partial charge in [-0.15, -0.1) is 5.10 Å². The van der Waals surface area contributed by atoms with Crippen LogP contribution in [0.3, 0.4) is 0 Å². The third-order valence-electron chi connectivity index (χ3n) is 3.62. The quantitative estimate of drug-likeness (QED) is 0.790. The zero-order chi connectivity index (χ0) is 15.5. The third-order valence-corrected chi connectivity index (χ3v) is 3.62. The molecule has 1 aromatic carbocycles. The number of aliphatic hydroxyl groups excluding tert-OH is 1. The first-order chi connectivity index (χ1) is 9.93. The van der Waals surface area contributed by atoms with Crippen molar-refractivity contribution < 1.29 is 9.90 Å². The monoisotopic (exact) mass is 290 g/mol. The van der Waals surface area contributed by atoms with E-state index in [0.717, 1.165) is 18.4 Å². The molecular formula is C15H22N4O2. The van der Waals surface area contributed by atoms with Gasteiger partial charge in [0, 0.05) is 25.8 Å². The van der Waals surface area contributed by atoms with Crippen molar-refractivity contribution in [2.24, 2.45) is 12.5 Å². The van der Waals surface area contributed by atoms with Crippen molar-refractivity contribution in [2.45, 2.75) is 26.7 Å². The Labute approximate surface area is 124 Å². The number of benzene rings is 1. The molecule has 0 radical (unpaired) electrons. The summed E-state index contributed by atoms with van der Waals surface area (Å²) in [5.41, 5.74) is 2.11. The van der Waals surface area contributed by atoms with Gasteiger partial charge in [-0.3, -0.25) is 4.79 Å². The minimum absolute atomic E-state index is 0.0940. The molecule has 6 nitrogen and oxygen atoms in total. The first-order valence-corrected chi connectivity index (χ1v) is 7.11. The summed E-state index contributed by atoms with van der Waals surface area (Å²) < 4.78 is 1.67. The summed E-state index contributed by atoms with van der Waals surface area (Å²) in [5, 5.41) is 20.0. The number of hydrogen-bond acceptors (Lipinski definition) is 4. The van der Waals surface area contributed by atoms with Crippen LogP contribution in [0.4, 0.5) is 0 Å². The average Bonchev–Trinajstić information content (AvgIpc) is 2.84. The molecule has 1 aromatic heterocycles. The van der Waals surface area contributed by atoms with Crippen LogP contribution in [-0.2, 0) is 7.05 Å². The average molecular weight is 290 g/mol. The minimum atomic E-state index is -0.107. The molecule has 0 aliphatic carbocycles. The standard InChI is InChI=1S/C15H22N4O2/c1-15(2,10-20)7-4-8-16-14(21)11-5-6-13-12(9-11)17-18-19(13)3/h5-6,9,20H,4,7-8,10H2,1-3H3,(H,16,21). The van der Waals surface area contributed by atoms with Gasteiger partial charge in [-0.05, 0) is 36.5 Å². The van der Waals surface area contributed by atoms with Gasteiger partial charge in [-0.2, -0.15) is 0 Å². The first kappa shape index (κ1) is 15.4. The fourth-order valence-corrected chi connectivity index (χ4v) is 2.13. The van der Waals surface area contributed by atoms with Crippen LogP contribution in [0.25, 0.3) is 11.0 Å². The number of aromatic nitrogens is 3. The molecule has 6 heteroatoms. The van der Waals surface area contributed by atoms with E-state index >= 15 is 0 Å². The van der Waals surface area contributed by atoms with Crippen molar-refractivity contribution in [3.8, 4) is 0 Å². The Morgan fingerprint density at radius 3 is 2.90 bits per heavy atom. The topological polar surface area (TPSA) is 80.0 Å². The SMILES string of the molecule is Cn1nnc2cc(C(=O)NCCCC(C)(C)CO)ccc21. The highest BCUT2D eigenvalue weighted by Gasteiger charge is 2.16. The number of carbonyl (C=O) groups excluding carboxylic acids is 1. The molecule has 1 heterocycles. The molecule has 0 spiro atoms. The zero-order valence-corrected chi connectivity index (χ0v) is 12.8. The number of fused-ring (bicyclic) bond motifs is 1. The number of nitrogens with zero attached hydrogens (tertiary/aromatic N) is 3. The van der Waals surface area contributed by atoms with Crippen LogP contribution >= 0.6 is 0 Å². The molecule has 0 aliphatic rings. The summed E-state index contributed by atoms with van der Waals surface area (Å²) in [5.74, 6) is -0.107. The van der Waals surface area contributed by atoms with E-state index in [4.69, 9.17) is 0 Å². The molecule has 0 saturated heterocycles. The molecule has 1 amide bonds. The van der Waals surface area contributed by atoms with Gasteiger partial charge in [0.1, 0.15) is 5.52 Å². The Morgan fingerprint density at radius 1 is 1.43 bits per heavy atom. The largest absolute Gasteiger partial charge is 0.396 e. The molecule has 0 bridgehead atoms. The summed E-state index contributed by atoms with van der Waals surface area (Å²) >= 11 is 0. The molecule has 0 fully saturated rings. The van der Waals surface area contributed by atoms with Gasteiger partial charge in [0.15, 0.2) is 0 Å². The van der Waals surface area contributed by atoms with Gasteiger partial charge in [0.25, 0.3) is 5.91 Å². The number of amides is 1. The summed E-state index contributed by atoms with van der Waals surface area (Å²) in [7, 11) is 1.82. The molecular weight excluding hydrogens is 268 g/mol. The van der Waals surface area contributed by atoms with E-state index in [1.165, 1.54) is 0 Å². The third kappa shape index (κ3) is 3.78. The van der Waals surface area contributed by atoms with Crippen molar-refractivity contribution in [3.63, 3.8) is 0 Å². The second-order valence-electron chi connectivity index (χ2n) is 6.10. The summed E-state index contributed by atoms with van der Waals surface area (Å²) in [6.07, 6.45) is 1.71. The Morgan fingerprint density at radius 2 is 2.19 bits per heavy atom. The molecule has 0 aliphatic heterocycles. The molecule has 2 N–H and O–H groups in total. The van der Waals surface area contributed by atoms with Crippen molar-refractivity contribution in [3.05, 3.63) is 23.8 Å². The minimum Gasteiger partial charge on any atom is -0.396 e. The van der Waals surface area contributed by atoms with Crippen molar-refractivity contribution in [2.75, 3.05) is 13.2 Å². The normalized spacial score (nSPS) is 11.8. The van der Waals surface area contributed by atoms with Crippen LogP contribution < -0.4 is 5.32 Å². The zero-order valence-electron chi connectivity index (χ0n) is 12.8. The van der Waals surface area contributed by atoms with Crippen molar-refractivity contribution in [1.29, 1.82) is 0 Å². The number of hydrogen-bond donors (Lipinski definition) is 2. The predicted molar refractivity (Wildman–Crippen MR) is 80.9 cm³/mol. The van der Waals surface area contributed by atoms with Crippen LogP contribution in [0.1, 0.15) is 37.0 Å². The van der Waals surface area contributed by atoms with Crippen LogP contribution in [0.5, 0.6) is 0 Å². The van der Waals surface area contributed by atoms with Crippen LogP contribution in [-0.4, -0.2) is 39.2 Å². The van der Waals surface area contributed by atoms with Gasteiger partial charge in [-0.1, -0.05) is 19.1 Å². The fraction of sp³-hybridized carbons (Fsp3) is 0.533. The first-order valence-electron chi connectivity index (χ1n) is 7.11. The Balaban J connectivity index is 1.90. The van der Waals surface area contributed by atoms with Crippen molar-refractivity contribution in [1.82, 2.24) is 20.3 Å². The Bertz CT molecular complexity index is 634. The lowest BCUT2D eigenvalue weighted by Gasteiger charge is -2.21. The Kier molecular flexibility index (Phi) is 4.57. The molecule has 114 valence electrons. The lowest BCUT2D eigenvalue weighted by molar-refractivity contribution is 0.0948. The molecule has 0 saturated carbocycles. The number of aliphatic hydroxyl groups is 1. The van der Waals surface area contributed by atoms with Gasteiger partial charge in [0.2, 0.25) is 0 Å². The Hall–Kier alpha value is -1.95. The maximum Gasteiger partial charge on any atom is 0.251 e. The van der Waals surface area contributed by atoms with Crippen LogP contribution in [0.15, 0.2) is 18.2 Å². The number of rotatable bonds is 6. The second-order valence-corrected chi connectivity index (χ2v) is 6.10. The lowest BCUT2D eigenvalue weighted by atomic mass is 9.89. The maximum absolute atomic E-state index is 12.1. The van der Waals surface area contributed by atoms with Crippen LogP contribution in [0.2, 0.25) is 0 Å². The second kappa shape index (κ2) is 6.22. The highest BCUT2D eigenvalue weighted by Crippen LogP contribution is 2.20. The fourth-order valence-electron chi connectivity index (χ4n) is 2.13. The molecule has 2 rings (SSSR count). The van der Waals surface area contributed by atoms with E-state index in [-0.39, 0.29) is 17.9 Å². The highest BCUT2D eigenvalue weighted by atomic mass is 16.3. The maximum atomic E-state index is 12.1. The van der Waals surface area contributed by atoms with Crippen molar-refractivity contribution >= 4 is 16.9 Å². The lowest BCUT2D eigenvalue weighted by Crippen LogP contribution is -2.26. The van der Waals surface area contributed by atoms with E-state index in [2.05, 4.69) is 15.6 Å². The summed E-state index contributed by atoms with van der Waals surface area (Å²) in [4.78, 5) is 12.1. The number of aryl methyl sites for hydroxylation is 1. The predicted octanol–water partition coefficient (Wildman–Crippen LogP) is 1.50. The van der Waals surface area contributed by atoms with E-state index in [9.17, 15) is 9.90 Å². The van der Waals surface area contributed by atoms with Gasteiger partial charge in [-0.25, -0.2) is 4.68 Å². The summed E-state index contributed by atoms with van der Waals surface area (Å²) in [6.45, 7) is 4.78. The van der Waals surface area contributed by atoms with Gasteiger partial charge >= 0.3 is 0 Å². The number of nitrogens with one attached hydrogen (secondary N) is 1. The van der Waals surface area contributed by atoms with E-state index in [1.807, 2.05) is 27.0 Å². The summed E-state index contributed by atoms with van der Waals surface area (Å²) in [6, 6.07) is 5.37.